The topological polar surface area (TPSA) is 37.3 Å². The van der Waals surface area contributed by atoms with E-state index in [-0.39, 0.29) is 5.91 Å². The Morgan fingerprint density at radius 2 is 1.88 bits per heavy atom. The molecule has 0 unspecified atom stereocenters. The average molecular weight is 325 g/mol. The Morgan fingerprint density at radius 1 is 1.12 bits per heavy atom. The van der Waals surface area contributed by atoms with Crippen LogP contribution < -0.4 is 5.32 Å². The van der Waals surface area contributed by atoms with Crippen LogP contribution in [0.4, 0.5) is 0 Å². The predicted molar refractivity (Wildman–Crippen MR) is 97.1 cm³/mol. The van der Waals surface area contributed by atoms with Gasteiger partial charge in [0.05, 0.1) is 0 Å². The molecule has 128 valence electrons. The van der Waals surface area contributed by atoms with E-state index in [9.17, 15) is 4.79 Å². The van der Waals surface area contributed by atoms with Crippen molar-refractivity contribution in [3.05, 3.63) is 59.9 Å². The first-order valence-corrected chi connectivity index (χ1v) is 8.92. The van der Waals surface area contributed by atoms with Crippen LogP contribution in [0.25, 0.3) is 0 Å². The van der Waals surface area contributed by atoms with Crippen molar-refractivity contribution in [2.45, 2.75) is 26.3 Å². The molecule has 1 aliphatic heterocycles. The van der Waals surface area contributed by atoms with E-state index >= 15 is 0 Å². The number of carbonyl (C=O) groups is 1. The van der Waals surface area contributed by atoms with Crippen LogP contribution in [-0.2, 0) is 6.54 Å². The van der Waals surface area contributed by atoms with Gasteiger partial charge in [-0.25, -0.2) is 0 Å². The number of hydrogen-bond donors (Lipinski definition) is 1. The Morgan fingerprint density at radius 3 is 2.62 bits per heavy atom. The summed E-state index contributed by atoms with van der Waals surface area (Å²) in [6.45, 7) is 7.01. The largest absolute Gasteiger partial charge is 0.349 e. The van der Waals surface area contributed by atoms with Crippen molar-refractivity contribution in [2.75, 3.05) is 26.2 Å². The molecule has 0 aliphatic carbocycles. The number of benzene rings is 1. The minimum absolute atomic E-state index is 0.0151. The average Bonchev–Trinajstić information content (AvgIpc) is 3.06. The van der Waals surface area contributed by atoms with Gasteiger partial charge >= 0.3 is 0 Å². The fourth-order valence-electron chi connectivity index (χ4n) is 3.24. The quantitative estimate of drug-likeness (QED) is 0.886. The third-order valence-electron chi connectivity index (χ3n) is 4.85. The van der Waals surface area contributed by atoms with Gasteiger partial charge in [0.1, 0.15) is 5.69 Å². The van der Waals surface area contributed by atoms with E-state index in [1.54, 1.807) is 0 Å². The van der Waals surface area contributed by atoms with Crippen LogP contribution in [0.2, 0.25) is 0 Å². The summed E-state index contributed by atoms with van der Waals surface area (Å²) >= 11 is 0. The Hall–Kier alpha value is -2.07. The molecular weight excluding hydrogens is 298 g/mol. The molecule has 0 spiro atoms. The van der Waals surface area contributed by atoms with Crippen molar-refractivity contribution < 1.29 is 4.79 Å². The van der Waals surface area contributed by atoms with E-state index in [0.717, 1.165) is 37.8 Å². The van der Waals surface area contributed by atoms with Gasteiger partial charge in [-0.2, -0.15) is 0 Å². The first kappa shape index (κ1) is 16.8. The first-order chi connectivity index (χ1) is 11.7. The van der Waals surface area contributed by atoms with E-state index in [2.05, 4.69) is 29.3 Å². The predicted octanol–water partition coefficient (Wildman–Crippen LogP) is 3.00. The zero-order chi connectivity index (χ0) is 16.8. The summed E-state index contributed by atoms with van der Waals surface area (Å²) in [4.78, 5) is 14.9. The number of nitrogens with one attached hydrogen (secondary N) is 1. The van der Waals surface area contributed by atoms with Gasteiger partial charge in [0.2, 0.25) is 0 Å². The summed E-state index contributed by atoms with van der Waals surface area (Å²) in [6, 6.07) is 14.0. The molecule has 1 aromatic heterocycles. The fraction of sp³-hybridized carbons (Fsp3) is 0.450. The molecule has 1 aromatic carbocycles. The minimum atomic E-state index is 0.0151. The highest BCUT2D eigenvalue weighted by Gasteiger charge is 2.16. The van der Waals surface area contributed by atoms with Crippen LogP contribution in [0.5, 0.6) is 0 Å². The van der Waals surface area contributed by atoms with Gasteiger partial charge in [0.25, 0.3) is 5.91 Å². The summed E-state index contributed by atoms with van der Waals surface area (Å²) in [7, 11) is 0. The molecule has 2 aromatic rings. The van der Waals surface area contributed by atoms with Gasteiger partial charge in [-0.05, 0) is 49.5 Å². The molecule has 4 nitrogen and oxygen atoms in total. The van der Waals surface area contributed by atoms with Crippen molar-refractivity contribution in [3.63, 3.8) is 0 Å². The molecule has 1 aliphatic rings. The zero-order valence-corrected chi connectivity index (χ0v) is 14.4. The number of hydrogen-bond acceptors (Lipinski definition) is 2. The summed E-state index contributed by atoms with van der Waals surface area (Å²) < 4.78 is 2.01. The molecule has 0 atom stereocenters. The maximum atomic E-state index is 12.5. The van der Waals surface area contributed by atoms with Gasteiger partial charge < -0.3 is 14.8 Å². The number of likely N-dealkylation sites (tertiary alicyclic amines) is 1. The standard InChI is InChI=1S/C20H27N3O/c1-17-9-13-22(14-10-17)15-11-21-20(24)19-8-5-12-23(19)16-18-6-3-2-4-7-18/h2-8,12,17H,9-11,13-16H2,1H3,(H,21,24). The Bertz CT molecular complexity index is 642. The summed E-state index contributed by atoms with van der Waals surface area (Å²) in [5.74, 6) is 0.860. The number of rotatable bonds is 6. The van der Waals surface area contributed by atoms with Crippen molar-refractivity contribution in [3.8, 4) is 0 Å². The molecule has 4 heteroatoms. The van der Waals surface area contributed by atoms with Crippen LogP contribution in [-0.4, -0.2) is 41.6 Å². The van der Waals surface area contributed by atoms with Gasteiger partial charge in [0, 0.05) is 25.8 Å². The lowest BCUT2D eigenvalue weighted by Gasteiger charge is -2.30. The second-order valence-electron chi connectivity index (χ2n) is 6.79. The van der Waals surface area contributed by atoms with Gasteiger partial charge in [-0.1, -0.05) is 37.3 Å². The summed E-state index contributed by atoms with van der Waals surface area (Å²) in [5, 5.41) is 3.07. The smallest absolute Gasteiger partial charge is 0.267 e. The van der Waals surface area contributed by atoms with Crippen LogP contribution >= 0.6 is 0 Å². The Labute approximate surface area is 144 Å². The molecular formula is C20H27N3O. The molecule has 1 amide bonds. The number of carbonyl (C=O) groups excluding carboxylic acids is 1. The number of nitrogens with zero attached hydrogens (tertiary/aromatic N) is 2. The number of aromatic nitrogens is 1. The summed E-state index contributed by atoms with van der Waals surface area (Å²) in [5.41, 5.74) is 1.93. The molecule has 0 radical (unpaired) electrons. The SMILES string of the molecule is CC1CCN(CCNC(=O)c2cccn2Cc2ccccc2)CC1. The Kier molecular flexibility index (Phi) is 5.70. The number of amides is 1. The third-order valence-corrected chi connectivity index (χ3v) is 4.85. The molecule has 2 heterocycles. The maximum Gasteiger partial charge on any atom is 0.267 e. The first-order valence-electron chi connectivity index (χ1n) is 8.92. The van der Waals surface area contributed by atoms with Crippen molar-refractivity contribution in [2.24, 2.45) is 5.92 Å². The molecule has 0 saturated carbocycles. The van der Waals surface area contributed by atoms with Crippen LogP contribution in [0.15, 0.2) is 48.7 Å². The van der Waals surface area contributed by atoms with E-state index in [1.165, 1.54) is 18.4 Å². The minimum Gasteiger partial charge on any atom is -0.349 e. The Balaban J connectivity index is 1.50. The van der Waals surface area contributed by atoms with E-state index in [1.807, 2.05) is 41.1 Å². The highest BCUT2D eigenvalue weighted by molar-refractivity contribution is 5.92. The van der Waals surface area contributed by atoms with E-state index < -0.39 is 0 Å². The fourth-order valence-corrected chi connectivity index (χ4v) is 3.24. The van der Waals surface area contributed by atoms with Gasteiger partial charge in [0.15, 0.2) is 0 Å². The monoisotopic (exact) mass is 325 g/mol. The maximum absolute atomic E-state index is 12.5. The molecule has 1 saturated heterocycles. The van der Waals surface area contributed by atoms with Crippen LogP contribution in [0, 0.1) is 5.92 Å². The summed E-state index contributed by atoms with van der Waals surface area (Å²) in [6.07, 6.45) is 4.51. The second-order valence-corrected chi connectivity index (χ2v) is 6.79. The van der Waals surface area contributed by atoms with Crippen molar-refractivity contribution in [1.82, 2.24) is 14.8 Å². The van der Waals surface area contributed by atoms with E-state index in [4.69, 9.17) is 0 Å². The van der Waals surface area contributed by atoms with Crippen LogP contribution in [0.3, 0.4) is 0 Å². The second kappa shape index (κ2) is 8.15. The third kappa shape index (κ3) is 4.48. The van der Waals surface area contributed by atoms with Crippen molar-refractivity contribution >= 4 is 5.91 Å². The van der Waals surface area contributed by atoms with Crippen molar-refractivity contribution in [1.29, 1.82) is 0 Å². The lowest BCUT2D eigenvalue weighted by atomic mass is 9.99. The highest BCUT2D eigenvalue weighted by atomic mass is 16.1. The molecule has 24 heavy (non-hydrogen) atoms. The normalized spacial score (nSPS) is 16.2. The van der Waals surface area contributed by atoms with Crippen LogP contribution in [0.1, 0.15) is 35.8 Å². The molecule has 0 bridgehead atoms. The zero-order valence-electron chi connectivity index (χ0n) is 14.4. The van der Waals surface area contributed by atoms with Gasteiger partial charge in [-0.3, -0.25) is 4.79 Å². The molecule has 1 fully saturated rings. The van der Waals surface area contributed by atoms with Gasteiger partial charge in [-0.15, -0.1) is 0 Å². The van der Waals surface area contributed by atoms with E-state index in [0.29, 0.717) is 6.54 Å². The highest BCUT2D eigenvalue weighted by Crippen LogP contribution is 2.15. The molecule has 1 N–H and O–H groups in total. The number of piperidine rings is 1. The lowest BCUT2D eigenvalue weighted by molar-refractivity contribution is 0.0935. The lowest BCUT2D eigenvalue weighted by Crippen LogP contribution is -2.39. The molecule has 3 rings (SSSR count).